The Morgan fingerprint density at radius 3 is 3.33 bits per heavy atom. The number of hydrogen-bond donors (Lipinski definition) is 0. The average molecular weight is 160 g/mol. The van der Waals surface area contributed by atoms with Gasteiger partial charge < -0.3 is 4.90 Å². The first kappa shape index (κ1) is 7.35. The fourth-order valence-electron chi connectivity index (χ4n) is 1.32. The fourth-order valence-corrected chi connectivity index (χ4v) is 1.32. The zero-order valence-electron chi connectivity index (χ0n) is 7.20. The Labute approximate surface area is 72.6 Å². The van der Waals surface area contributed by atoms with Gasteiger partial charge >= 0.3 is 0 Å². The van der Waals surface area contributed by atoms with Gasteiger partial charge in [0, 0.05) is 19.0 Å². The molecular weight excluding hydrogens is 148 g/mol. The van der Waals surface area contributed by atoms with Crippen LogP contribution in [0.2, 0.25) is 0 Å². The molecule has 2 heteroatoms. The molecule has 0 spiro atoms. The highest BCUT2D eigenvalue weighted by atomic mass is 15.2. The molecule has 0 amide bonds. The van der Waals surface area contributed by atoms with Crippen LogP contribution in [0.15, 0.2) is 40.8 Å². The third-order valence-electron chi connectivity index (χ3n) is 2.07. The zero-order valence-corrected chi connectivity index (χ0v) is 7.20. The van der Waals surface area contributed by atoms with Gasteiger partial charge in [-0.2, -0.15) is 0 Å². The summed E-state index contributed by atoms with van der Waals surface area (Å²) in [5.41, 5.74) is 1.29. The van der Waals surface area contributed by atoms with Gasteiger partial charge in [0.25, 0.3) is 0 Å². The maximum atomic E-state index is 4.35. The molecule has 0 radical (unpaired) electrons. The molecule has 0 fully saturated rings. The van der Waals surface area contributed by atoms with E-state index in [2.05, 4.69) is 29.1 Å². The van der Waals surface area contributed by atoms with Crippen LogP contribution in [0.5, 0.6) is 0 Å². The highest BCUT2D eigenvalue weighted by Crippen LogP contribution is 2.17. The zero-order chi connectivity index (χ0) is 8.39. The van der Waals surface area contributed by atoms with Crippen LogP contribution in [0.25, 0.3) is 0 Å². The van der Waals surface area contributed by atoms with Gasteiger partial charge in [-0.15, -0.1) is 0 Å². The van der Waals surface area contributed by atoms with Crippen molar-refractivity contribution in [1.29, 1.82) is 0 Å². The number of allylic oxidation sites excluding steroid dienone is 3. The first-order valence-corrected chi connectivity index (χ1v) is 4.28. The van der Waals surface area contributed by atoms with Crippen LogP contribution < -0.4 is 0 Å². The van der Waals surface area contributed by atoms with Crippen LogP contribution in [-0.4, -0.2) is 17.7 Å². The molecule has 0 saturated carbocycles. The maximum Gasteiger partial charge on any atom is 0.132 e. The minimum Gasteiger partial charge on any atom is -0.329 e. The summed E-state index contributed by atoms with van der Waals surface area (Å²) in [4.78, 5) is 6.51. The van der Waals surface area contributed by atoms with Crippen LogP contribution in [0.1, 0.15) is 13.3 Å². The summed E-state index contributed by atoms with van der Waals surface area (Å²) in [5.74, 6) is 1.05. The molecule has 0 aromatic rings. The molecule has 62 valence electrons. The topological polar surface area (TPSA) is 15.6 Å². The van der Waals surface area contributed by atoms with E-state index in [0.29, 0.717) is 0 Å². The van der Waals surface area contributed by atoms with E-state index in [1.54, 1.807) is 0 Å². The number of nitrogens with zero attached hydrogens (tertiary/aromatic N) is 2. The lowest BCUT2D eigenvalue weighted by Gasteiger charge is -2.25. The Kier molecular flexibility index (Phi) is 1.82. The first-order valence-electron chi connectivity index (χ1n) is 4.28. The van der Waals surface area contributed by atoms with Gasteiger partial charge in [0.1, 0.15) is 5.82 Å². The molecule has 0 bridgehead atoms. The summed E-state index contributed by atoms with van der Waals surface area (Å²) < 4.78 is 0. The molecule has 0 aromatic carbocycles. The quantitative estimate of drug-likeness (QED) is 0.573. The lowest BCUT2D eigenvalue weighted by molar-refractivity contribution is 0.497. The second-order valence-electron chi connectivity index (χ2n) is 2.92. The van der Waals surface area contributed by atoms with Crippen LogP contribution in [0.4, 0.5) is 0 Å². The van der Waals surface area contributed by atoms with Crippen LogP contribution in [0.3, 0.4) is 0 Å². The van der Waals surface area contributed by atoms with Crippen LogP contribution in [-0.2, 0) is 0 Å². The second-order valence-corrected chi connectivity index (χ2v) is 2.92. The van der Waals surface area contributed by atoms with E-state index in [-0.39, 0.29) is 0 Å². The summed E-state index contributed by atoms with van der Waals surface area (Å²) in [5, 5.41) is 0. The smallest absolute Gasteiger partial charge is 0.132 e. The number of rotatable bonds is 1. The summed E-state index contributed by atoms with van der Waals surface area (Å²) in [6.45, 7) is 3.10. The summed E-state index contributed by atoms with van der Waals surface area (Å²) in [6.07, 6.45) is 11.4. The van der Waals surface area contributed by atoms with Crippen molar-refractivity contribution in [2.75, 3.05) is 6.54 Å². The lowest BCUT2D eigenvalue weighted by atomic mass is 10.2. The normalized spacial score (nSPS) is 20.2. The standard InChI is InChI=1S/C10H12N2/c1-2-9-7-11-10-5-3-4-6-12(10)8-9/h3-5,7-8H,2,6H2,1H3. The van der Waals surface area contributed by atoms with Crippen molar-refractivity contribution in [3.63, 3.8) is 0 Å². The highest BCUT2D eigenvalue weighted by molar-refractivity contribution is 5.80. The minimum atomic E-state index is 0.951. The number of fused-ring (bicyclic) bond motifs is 1. The average Bonchev–Trinajstić information content (AvgIpc) is 2.17. The Balaban J connectivity index is 2.26. The van der Waals surface area contributed by atoms with Gasteiger partial charge in [-0.25, -0.2) is 4.99 Å². The lowest BCUT2D eigenvalue weighted by Crippen LogP contribution is -2.21. The SMILES string of the molecule is CCC1=CN2CC=CC=C2N=C1. The van der Waals surface area contributed by atoms with Crippen LogP contribution >= 0.6 is 0 Å². The van der Waals surface area contributed by atoms with E-state index in [1.165, 1.54) is 5.57 Å². The van der Waals surface area contributed by atoms with E-state index in [1.807, 2.05) is 18.4 Å². The molecule has 0 saturated heterocycles. The number of aliphatic imine (C=N–C) groups is 1. The number of hydrogen-bond acceptors (Lipinski definition) is 2. The van der Waals surface area contributed by atoms with Crippen molar-refractivity contribution >= 4 is 6.21 Å². The molecule has 12 heavy (non-hydrogen) atoms. The largest absolute Gasteiger partial charge is 0.329 e. The van der Waals surface area contributed by atoms with Crippen molar-refractivity contribution < 1.29 is 0 Å². The van der Waals surface area contributed by atoms with Crippen molar-refractivity contribution in [3.8, 4) is 0 Å². The molecule has 2 aliphatic rings. The van der Waals surface area contributed by atoms with Crippen molar-refractivity contribution in [2.24, 2.45) is 4.99 Å². The molecule has 2 nitrogen and oxygen atoms in total. The summed E-state index contributed by atoms with van der Waals surface area (Å²) >= 11 is 0. The minimum absolute atomic E-state index is 0.951. The molecule has 0 unspecified atom stereocenters. The van der Waals surface area contributed by atoms with Crippen LogP contribution in [0, 0.1) is 0 Å². The Morgan fingerprint density at radius 2 is 2.50 bits per heavy atom. The van der Waals surface area contributed by atoms with E-state index in [9.17, 15) is 0 Å². The monoisotopic (exact) mass is 160 g/mol. The second kappa shape index (κ2) is 2.97. The van der Waals surface area contributed by atoms with Gasteiger partial charge in [-0.05, 0) is 18.1 Å². The molecule has 0 aliphatic carbocycles. The molecule has 0 aromatic heterocycles. The molecule has 2 rings (SSSR count). The Hall–Kier alpha value is -1.31. The molecule has 2 heterocycles. The summed E-state index contributed by atoms with van der Waals surface area (Å²) in [7, 11) is 0. The van der Waals surface area contributed by atoms with Crippen molar-refractivity contribution in [1.82, 2.24) is 4.90 Å². The third-order valence-corrected chi connectivity index (χ3v) is 2.07. The van der Waals surface area contributed by atoms with E-state index in [4.69, 9.17) is 0 Å². The Bertz CT molecular complexity index is 295. The predicted octanol–water partition coefficient (Wildman–Crippen LogP) is 2.08. The molecule has 0 N–H and O–H groups in total. The first-order chi connectivity index (χ1) is 5.90. The van der Waals surface area contributed by atoms with Gasteiger partial charge in [0.15, 0.2) is 0 Å². The fraction of sp³-hybridized carbons (Fsp3) is 0.300. The maximum absolute atomic E-state index is 4.35. The Morgan fingerprint density at radius 1 is 1.58 bits per heavy atom. The van der Waals surface area contributed by atoms with Gasteiger partial charge in [-0.3, -0.25) is 0 Å². The van der Waals surface area contributed by atoms with Gasteiger partial charge in [0.2, 0.25) is 0 Å². The predicted molar refractivity (Wildman–Crippen MR) is 50.8 cm³/mol. The molecular formula is C10H12N2. The van der Waals surface area contributed by atoms with Crippen molar-refractivity contribution in [3.05, 3.63) is 35.8 Å². The van der Waals surface area contributed by atoms with E-state index in [0.717, 1.165) is 18.8 Å². The van der Waals surface area contributed by atoms with E-state index >= 15 is 0 Å². The molecule has 2 aliphatic heterocycles. The van der Waals surface area contributed by atoms with Gasteiger partial charge in [0.05, 0.1) is 0 Å². The highest BCUT2D eigenvalue weighted by Gasteiger charge is 2.10. The third kappa shape index (κ3) is 1.20. The van der Waals surface area contributed by atoms with Crippen molar-refractivity contribution in [2.45, 2.75) is 13.3 Å². The molecule has 0 atom stereocenters. The van der Waals surface area contributed by atoms with E-state index < -0.39 is 0 Å². The summed E-state index contributed by atoms with van der Waals surface area (Å²) in [6, 6.07) is 0. The van der Waals surface area contributed by atoms with Gasteiger partial charge in [-0.1, -0.05) is 19.1 Å².